The Morgan fingerprint density at radius 3 is 2.45 bits per heavy atom. The van der Waals surface area contributed by atoms with Gasteiger partial charge >= 0.3 is 0 Å². The first kappa shape index (κ1) is 14.5. The van der Waals surface area contributed by atoms with Crippen molar-refractivity contribution < 1.29 is 9.84 Å². The summed E-state index contributed by atoms with van der Waals surface area (Å²) >= 11 is 0. The normalized spacial score (nSPS) is 12.2. The van der Waals surface area contributed by atoms with Crippen molar-refractivity contribution in [2.75, 3.05) is 6.61 Å². The number of pyridine rings is 1. The Balaban J connectivity index is 2.34. The zero-order valence-corrected chi connectivity index (χ0v) is 12.3. The molecule has 3 nitrogen and oxygen atoms in total. The Morgan fingerprint density at radius 2 is 1.80 bits per heavy atom. The Bertz CT molecular complexity index is 561. The fraction of sp³-hybridized carbons (Fsp3) is 0.353. The summed E-state index contributed by atoms with van der Waals surface area (Å²) in [5.74, 6) is 0.744. The van der Waals surface area contributed by atoms with E-state index in [9.17, 15) is 5.11 Å². The molecule has 2 rings (SSSR count). The van der Waals surface area contributed by atoms with Crippen LogP contribution < -0.4 is 4.74 Å². The van der Waals surface area contributed by atoms with E-state index in [0.717, 1.165) is 34.7 Å². The number of aliphatic hydroxyl groups excluding tert-OH is 1. The predicted octanol–water partition coefficient (Wildman–Crippen LogP) is 3.57. The van der Waals surface area contributed by atoms with E-state index in [1.807, 2.05) is 50.2 Å². The predicted molar refractivity (Wildman–Crippen MR) is 80.0 cm³/mol. The maximum absolute atomic E-state index is 10.6. The Labute approximate surface area is 120 Å². The van der Waals surface area contributed by atoms with Crippen molar-refractivity contribution in [1.29, 1.82) is 0 Å². The minimum atomic E-state index is -0.691. The molecule has 0 aliphatic rings. The minimum absolute atomic E-state index is 0.651. The van der Waals surface area contributed by atoms with Gasteiger partial charge in [-0.15, -0.1) is 0 Å². The van der Waals surface area contributed by atoms with E-state index >= 15 is 0 Å². The van der Waals surface area contributed by atoms with Crippen molar-refractivity contribution in [3.63, 3.8) is 0 Å². The minimum Gasteiger partial charge on any atom is -0.493 e. The van der Waals surface area contributed by atoms with Crippen molar-refractivity contribution in [2.24, 2.45) is 0 Å². The molecule has 1 atom stereocenters. The molecule has 1 N–H and O–H groups in total. The van der Waals surface area contributed by atoms with Crippen LogP contribution in [-0.4, -0.2) is 16.7 Å². The van der Waals surface area contributed by atoms with Crippen LogP contribution in [0.2, 0.25) is 0 Å². The number of nitrogens with zero attached hydrogens (tertiary/aromatic N) is 1. The largest absolute Gasteiger partial charge is 0.493 e. The first-order valence-electron chi connectivity index (χ1n) is 6.96. The second kappa shape index (κ2) is 6.53. The number of aryl methyl sites for hydroxylation is 2. The van der Waals surface area contributed by atoms with Crippen LogP contribution in [0.1, 0.15) is 42.0 Å². The first-order chi connectivity index (χ1) is 9.61. The van der Waals surface area contributed by atoms with Crippen LogP contribution in [0, 0.1) is 13.8 Å². The highest BCUT2D eigenvalue weighted by Crippen LogP contribution is 2.30. The summed E-state index contributed by atoms with van der Waals surface area (Å²) in [6.07, 6.45) is 0.251. The van der Waals surface area contributed by atoms with Crippen molar-refractivity contribution in [2.45, 2.75) is 33.3 Å². The highest BCUT2D eigenvalue weighted by Gasteiger charge is 2.16. The van der Waals surface area contributed by atoms with Crippen molar-refractivity contribution in [3.05, 3.63) is 58.9 Å². The van der Waals surface area contributed by atoms with Crippen molar-refractivity contribution in [3.8, 4) is 5.75 Å². The molecule has 106 valence electrons. The quantitative estimate of drug-likeness (QED) is 0.904. The van der Waals surface area contributed by atoms with E-state index < -0.39 is 6.10 Å². The first-order valence-corrected chi connectivity index (χ1v) is 6.96. The van der Waals surface area contributed by atoms with E-state index in [4.69, 9.17) is 4.74 Å². The van der Waals surface area contributed by atoms with Gasteiger partial charge in [-0.1, -0.05) is 25.1 Å². The summed E-state index contributed by atoms with van der Waals surface area (Å²) < 4.78 is 5.71. The van der Waals surface area contributed by atoms with Gasteiger partial charge in [-0.25, -0.2) is 0 Å². The molecule has 3 heteroatoms. The molecule has 0 saturated heterocycles. The molecule has 1 heterocycles. The topological polar surface area (TPSA) is 42.4 Å². The van der Waals surface area contributed by atoms with Crippen molar-refractivity contribution >= 4 is 0 Å². The van der Waals surface area contributed by atoms with Gasteiger partial charge in [0.25, 0.3) is 0 Å². The number of hydrogen-bond donors (Lipinski definition) is 1. The fourth-order valence-electron chi connectivity index (χ4n) is 2.25. The fourth-order valence-corrected chi connectivity index (χ4v) is 2.25. The van der Waals surface area contributed by atoms with Gasteiger partial charge in [0.1, 0.15) is 11.9 Å². The molecule has 0 spiro atoms. The highest BCUT2D eigenvalue weighted by atomic mass is 16.5. The second-order valence-corrected chi connectivity index (χ2v) is 4.97. The third-order valence-electron chi connectivity index (χ3n) is 3.09. The van der Waals surface area contributed by atoms with Crippen LogP contribution in [0.15, 0.2) is 36.4 Å². The van der Waals surface area contributed by atoms with Gasteiger partial charge in [0.2, 0.25) is 0 Å². The molecule has 0 radical (unpaired) electrons. The lowest BCUT2D eigenvalue weighted by atomic mass is 10.00. The number of ether oxygens (including phenoxy) is 1. The lowest BCUT2D eigenvalue weighted by Gasteiger charge is -2.17. The molecule has 0 aliphatic carbocycles. The lowest BCUT2D eigenvalue weighted by molar-refractivity contribution is 0.210. The third kappa shape index (κ3) is 3.36. The molecule has 2 aromatic rings. The van der Waals surface area contributed by atoms with Gasteiger partial charge in [0.05, 0.1) is 6.61 Å². The van der Waals surface area contributed by atoms with E-state index in [0.29, 0.717) is 6.61 Å². The number of para-hydroxylation sites is 1. The molecule has 0 saturated carbocycles. The lowest BCUT2D eigenvalue weighted by Crippen LogP contribution is -2.06. The maximum atomic E-state index is 10.6. The van der Waals surface area contributed by atoms with Gasteiger partial charge in [0.15, 0.2) is 0 Å². The molecule has 1 aromatic carbocycles. The van der Waals surface area contributed by atoms with Crippen LogP contribution in [0.5, 0.6) is 5.75 Å². The number of benzene rings is 1. The molecule has 1 unspecified atom stereocenters. The summed E-state index contributed by atoms with van der Waals surface area (Å²) in [5.41, 5.74) is 3.46. The Hall–Kier alpha value is -1.87. The Morgan fingerprint density at radius 1 is 1.15 bits per heavy atom. The van der Waals surface area contributed by atoms with Crippen LogP contribution in [0.4, 0.5) is 0 Å². The van der Waals surface area contributed by atoms with Crippen LogP contribution >= 0.6 is 0 Å². The molecule has 1 aromatic heterocycles. The van der Waals surface area contributed by atoms with E-state index in [2.05, 4.69) is 11.9 Å². The van der Waals surface area contributed by atoms with E-state index in [1.165, 1.54) is 0 Å². The van der Waals surface area contributed by atoms with Crippen LogP contribution in [0.25, 0.3) is 0 Å². The third-order valence-corrected chi connectivity index (χ3v) is 3.09. The zero-order valence-electron chi connectivity index (χ0n) is 12.3. The molecule has 0 bridgehead atoms. The number of aromatic nitrogens is 1. The zero-order chi connectivity index (χ0) is 14.5. The smallest absolute Gasteiger partial charge is 0.125 e. The molecular formula is C17H21NO2. The van der Waals surface area contributed by atoms with Crippen molar-refractivity contribution in [1.82, 2.24) is 4.98 Å². The van der Waals surface area contributed by atoms with Gasteiger partial charge in [0, 0.05) is 17.0 Å². The SMILES string of the molecule is CCCOc1ccccc1C(O)c1cc(C)nc(C)c1. The summed E-state index contributed by atoms with van der Waals surface area (Å²) in [7, 11) is 0. The Kier molecular flexibility index (Phi) is 4.74. The number of aliphatic hydroxyl groups is 1. The maximum Gasteiger partial charge on any atom is 0.125 e. The van der Waals surface area contributed by atoms with Gasteiger partial charge in [-0.05, 0) is 44.0 Å². The summed E-state index contributed by atoms with van der Waals surface area (Å²) in [6, 6.07) is 11.5. The molecule has 0 amide bonds. The van der Waals surface area contributed by atoms with E-state index in [-0.39, 0.29) is 0 Å². The summed E-state index contributed by atoms with van der Waals surface area (Å²) in [5, 5.41) is 10.6. The second-order valence-electron chi connectivity index (χ2n) is 4.97. The van der Waals surface area contributed by atoms with Gasteiger partial charge in [-0.2, -0.15) is 0 Å². The van der Waals surface area contributed by atoms with Crippen LogP contribution in [-0.2, 0) is 0 Å². The highest BCUT2D eigenvalue weighted by molar-refractivity contribution is 5.40. The molecular weight excluding hydrogens is 250 g/mol. The van der Waals surface area contributed by atoms with Gasteiger partial charge in [-0.3, -0.25) is 4.98 Å². The summed E-state index contributed by atoms with van der Waals surface area (Å²) in [6.45, 7) is 6.58. The van der Waals surface area contributed by atoms with Gasteiger partial charge < -0.3 is 9.84 Å². The monoisotopic (exact) mass is 271 g/mol. The molecule has 0 fully saturated rings. The average Bonchev–Trinajstić information content (AvgIpc) is 2.43. The number of hydrogen-bond acceptors (Lipinski definition) is 3. The molecule has 0 aliphatic heterocycles. The van der Waals surface area contributed by atoms with Crippen LogP contribution in [0.3, 0.4) is 0 Å². The van der Waals surface area contributed by atoms with E-state index in [1.54, 1.807) is 0 Å². The molecule has 20 heavy (non-hydrogen) atoms. The number of rotatable bonds is 5. The average molecular weight is 271 g/mol. The standard InChI is InChI=1S/C17H21NO2/c1-4-9-20-16-8-6-5-7-15(16)17(19)14-10-12(2)18-13(3)11-14/h5-8,10-11,17,19H,4,9H2,1-3H3. The summed E-state index contributed by atoms with van der Waals surface area (Å²) in [4.78, 5) is 4.34.